The molecule has 0 saturated carbocycles. The molecule has 0 radical (unpaired) electrons. The summed E-state index contributed by atoms with van der Waals surface area (Å²) in [6, 6.07) is 14.7. The van der Waals surface area contributed by atoms with E-state index in [4.69, 9.17) is 4.74 Å². The number of hydrogen-bond acceptors (Lipinski definition) is 8. The smallest absolute Gasteiger partial charge is 0.399 e. The molecule has 1 unspecified atom stereocenters. The van der Waals surface area contributed by atoms with Crippen molar-refractivity contribution in [3.63, 3.8) is 0 Å². The second kappa shape index (κ2) is 12.3. The van der Waals surface area contributed by atoms with Crippen LogP contribution in [0.1, 0.15) is 40.5 Å². The summed E-state index contributed by atoms with van der Waals surface area (Å²) >= 11 is 1.54. The zero-order chi connectivity index (χ0) is 31.0. The lowest BCUT2D eigenvalue weighted by Crippen LogP contribution is -2.48. The molecule has 2 aromatic carbocycles. The first-order chi connectivity index (χ1) is 21.2. The fourth-order valence-electron chi connectivity index (χ4n) is 5.83. The lowest BCUT2D eigenvalue weighted by molar-refractivity contribution is -0.139. The topological polar surface area (TPSA) is 109 Å². The molecule has 2 aliphatic rings. The highest BCUT2D eigenvalue weighted by molar-refractivity contribution is 7.14. The van der Waals surface area contributed by atoms with Crippen LogP contribution in [0, 0.1) is 6.92 Å². The SMILES string of the molecule is Cc1c(NC(=O)Oc2cc3c(s2)CCCC3)cccc1-c1cn(C)c(=O)c(Nc2ccc(C3C(=O)N(C)CCN3C)cc2)n1. The average molecular weight is 613 g/mol. The molecule has 6 rings (SSSR count). The van der Waals surface area contributed by atoms with E-state index in [1.165, 1.54) is 27.8 Å². The summed E-state index contributed by atoms with van der Waals surface area (Å²) in [5.74, 6) is 0.232. The van der Waals surface area contributed by atoms with Gasteiger partial charge in [-0.25, -0.2) is 9.78 Å². The van der Waals surface area contributed by atoms with Crippen LogP contribution in [-0.4, -0.2) is 58.5 Å². The summed E-state index contributed by atoms with van der Waals surface area (Å²) in [4.78, 5) is 48.4. The summed E-state index contributed by atoms with van der Waals surface area (Å²) in [6.07, 6.45) is 5.55. The Morgan fingerprint density at radius 2 is 1.80 bits per heavy atom. The minimum absolute atomic E-state index is 0.0632. The number of piperazine rings is 1. The van der Waals surface area contributed by atoms with Gasteiger partial charge in [-0.2, -0.15) is 0 Å². The minimum atomic E-state index is -0.546. The van der Waals surface area contributed by atoms with E-state index in [0.29, 0.717) is 28.7 Å². The van der Waals surface area contributed by atoms with E-state index in [2.05, 4.69) is 15.6 Å². The molecule has 0 bridgehead atoms. The van der Waals surface area contributed by atoms with Gasteiger partial charge in [-0.15, -0.1) is 11.3 Å². The van der Waals surface area contributed by atoms with E-state index >= 15 is 0 Å². The van der Waals surface area contributed by atoms with Gasteiger partial charge in [0.2, 0.25) is 5.91 Å². The summed E-state index contributed by atoms with van der Waals surface area (Å²) < 4.78 is 7.11. The highest BCUT2D eigenvalue weighted by Gasteiger charge is 2.32. The van der Waals surface area contributed by atoms with Crippen molar-refractivity contribution in [1.82, 2.24) is 19.4 Å². The van der Waals surface area contributed by atoms with E-state index in [9.17, 15) is 14.4 Å². The molecular formula is C33H36N6O4S. The Labute approximate surface area is 260 Å². The average Bonchev–Trinajstić information content (AvgIpc) is 3.41. The number of aromatic nitrogens is 2. The molecule has 4 aromatic rings. The Balaban J connectivity index is 1.20. The van der Waals surface area contributed by atoms with Crippen LogP contribution in [0.15, 0.2) is 59.5 Å². The normalized spacial score (nSPS) is 16.9. The quantitative estimate of drug-likeness (QED) is 0.296. The molecule has 10 nitrogen and oxygen atoms in total. The Morgan fingerprint density at radius 3 is 2.57 bits per heavy atom. The Hall–Kier alpha value is -4.48. The number of likely N-dealkylation sites (N-methyl/N-ethyl adjacent to an activating group) is 2. The monoisotopic (exact) mass is 612 g/mol. The van der Waals surface area contributed by atoms with Gasteiger partial charge < -0.3 is 19.5 Å². The third-order valence-corrected chi connectivity index (χ3v) is 9.53. The van der Waals surface area contributed by atoms with Gasteiger partial charge in [0.25, 0.3) is 5.56 Å². The van der Waals surface area contributed by atoms with Crippen LogP contribution < -0.4 is 20.9 Å². The number of amides is 2. The predicted molar refractivity (Wildman–Crippen MR) is 173 cm³/mol. The summed E-state index contributed by atoms with van der Waals surface area (Å²) in [7, 11) is 5.45. The molecule has 1 fully saturated rings. The number of thiophene rings is 1. The second-order valence-corrected chi connectivity index (χ2v) is 12.6. The molecule has 1 aliphatic carbocycles. The first-order valence-corrected chi connectivity index (χ1v) is 15.6. The number of nitrogens with one attached hydrogen (secondary N) is 2. The number of benzene rings is 2. The number of nitrogens with zero attached hydrogens (tertiary/aromatic N) is 4. The van der Waals surface area contributed by atoms with Gasteiger partial charge in [0.05, 0.1) is 5.69 Å². The molecule has 1 atom stereocenters. The number of hydrogen-bond donors (Lipinski definition) is 2. The molecule has 1 saturated heterocycles. The largest absolute Gasteiger partial charge is 0.417 e. The molecule has 2 aromatic heterocycles. The van der Waals surface area contributed by atoms with Crippen LogP contribution >= 0.6 is 11.3 Å². The van der Waals surface area contributed by atoms with Crippen LogP contribution in [0.25, 0.3) is 11.3 Å². The van der Waals surface area contributed by atoms with Crippen molar-refractivity contribution in [2.24, 2.45) is 7.05 Å². The lowest BCUT2D eigenvalue weighted by Gasteiger charge is -2.37. The van der Waals surface area contributed by atoms with Gasteiger partial charge in [0.1, 0.15) is 6.04 Å². The van der Waals surface area contributed by atoms with E-state index < -0.39 is 6.09 Å². The van der Waals surface area contributed by atoms with Crippen molar-refractivity contribution < 1.29 is 14.3 Å². The Kier molecular flexibility index (Phi) is 8.24. The fourth-order valence-corrected chi connectivity index (χ4v) is 6.93. The van der Waals surface area contributed by atoms with Crippen molar-refractivity contribution in [2.75, 3.05) is 37.8 Å². The number of rotatable bonds is 6. The lowest BCUT2D eigenvalue weighted by atomic mass is 10.00. The third kappa shape index (κ3) is 5.97. The van der Waals surface area contributed by atoms with Gasteiger partial charge >= 0.3 is 6.09 Å². The zero-order valence-corrected chi connectivity index (χ0v) is 26.2. The van der Waals surface area contributed by atoms with Gasteiger partial charge in [-0.1, -0.05) is 24.3 Å². The molecular weight excluding hydrogens is 576 g/mol. The number of carbonyl (C=O) groups is 2. The number of carbonyl (C=O) groups excluding carboxylic acids is 2. The number of aryl methyl sites for hydroxylation is 3. The van der Waals surface area contributed by atoms with Gasteiger partial charge in [-0.05, 0) is 80.6 Å². The van der Waals surface area contributed by atoms with E-state index in [1.807, 2.05) is 74.4 Å². The Morgan fingerprint density at radius 1 is 1.02 bits per heavy atom. The predicted octanol–water partition coefficient (Wildman–Crippen LogP) is 5.50. The molecule has 228 valence electrons. The third-order valence-electron chi connectivity index (χ3n) is 8.41. The van der Waals surface area contributed by atoms with Crippen molar-refractivity contribution in [1.29, 1.82) is 0 Å². The molecule has 44 heavy (non-hydrogen) atoms. The fraction of sp³-hybridized carbons (Fsp3) is 0.333. The van der Waals surface area contributed by atoms with Gasteiger partial charge in [0, 0.05) is 55.2 Å². The van der Waals surface area contributed by atoms with Crippen LogP contribution in [0.3, 0.4) is 0 Å². The van der Waals surface area contributed by atoms with Crippen molar-refractivity contribution in [2.45, 2.75) is 38.6 Å². The number of fused-ring (bicyclic) bond motifs is 1. The minimum Gasteiger partial charge on any atom is -0.399 e. The Bertz CT molecular complexity index is 1760. The van der Waals surface area contributed by atoms with Crippen LogP contribution in [-0.2, 0) is 24.7 Å². The van der Waals surface area contributed by atoms with Crippen molar-refractivity contribution in [3.8, 4) is 16.3 Å². The van der Waals surface area contributed by atoms with Gasteiger partial charge in [-0.3, -0.25) is 19.8 Å². The number of anilines is 3. The summed E-state index contributed by atoms with van der Waals surface area (Å²) in [5, 5.41) is 6.64. The first kappa shape index (κ1) is 29.6. The highest BCUT2D eigenvalue weighted by atomic mass is 32.1. The maximum absolute atomic E-state index is 13.0. The zero-order valence-electron chi connectivity index (χ0n) is 25.3. The molecule has 0 spiro atoms. The summed E-state index contributed by atoms with van der Waals surface area (Å²) in [6.45, 7) is 3.40. The van der Waals surface area contributed by atoms with E-state index in [0.717, 1.165) is 36.1 Å². The van der Waals surface area contributed by atoms with Gasteiger partial charge in [0.15, 0.2) is 10.9 Å². The van der Waals surface area contributed by atoms with Crippen LogP contribution in [0.2, 0.25) is 0 Å². The van der Waals surface area contributed by atoms with Crippen molar-refractivity contribution in [3.05, 3.63) is 86.6 Å². The second-order valence-electron chi connectivity index (χ2n) is 11.5. The summed E-state index contributed by atoms with van der Waals surface area (Å²) in [5.41, 5.74) is 5.31. The molecule has 2 N–H and O–H groups in total. The van der Waals surface area contributed by atoms with E-state index in [-0.39, 0.29) is 23.3 Å². The molecule has 1 aliphatic heterocycles. The van der Waals surface area contributed by atoms with E-state index in [1.54, 1.807) is 29.5 Å². The van der Waals surface area contributed by atoms with Crippen LogP contribution in [0.5, 0.6) is 5.06 Å². The number of ether oxygens (including phenoxy) is 1. The van der Waals surface area contributed by atoms with Crippen LogP contribution in [0.4, 0.5) is 22.0 Å². The highest BCUT2D eigenvalue weighted by Crippen LogP contribution is 2.35. The van der Waals surface area contributed by atoms with Crippen molar-refractivity contribution >= 4 is 40.5 Å². The maximum atomic E-state index is 13.0. The first-order valence-electron chi connectivity index (χ1n) is 14.8. The standard InChI is InChI=1S/C33H36N6O4S/c1-20-24(9-7-10-25(20)36-33(42)43-28-18-22-8-5-6-11-27(22)44-28)26-19-39(4)32(41)30(35-26)34-23-14-12-21(13-15-23)29-31(40)38(3)17-16-37(29)2/h7,9-10,12-15,18-19,29H,5-6,8,11,16-17H2,1-4H3,(H,34,35)(H,36,42). The molecule has 11 heteroatoms. The maximum Gasteiger partial charge on any atom is 0.417 e. The molecule has 2 amide bonds. The molecule has 3 heterocycles.